The van der Waals surface area contributed by atoms with Gasteiger partial charge in [-0.25, -0.2) is 0 Å². The Bertz CT molecular complexity index is 400. The van der Waals surface area contributed by atoms with Crippen molar-refractivity contribution in [3.05, 3.63) is 19.2 Å². The van der Waals surface area contributed by atoms with E-state index in [0.29, 0.717) is 5.56 Å². The van der Waals surface area contributed by atoms with Crippen molar-refractivity contribution in [3.63, 3.8) is 0 Å². The van der Waals surface area contributed by atoms with Crippen LogP contribution in [0.25, 0.3) is 0 Å². The molecule has 6 heteroatoms. The Morgan fingerprint density at radius 3 is 3.00 bits per heavy atom. The van der Waals surface area contributed by atoms with Gasteiger partial charge in [-0.05, 0) is 57.3 Å². The summed E-state index contributed by atoms with van der Waals surface area (Å²) in [6.45, 7) is 1.93. The second kappa shape index (κ2) is 6.31. The molecule has 1 saturated heterocycles. The Hall–Kier alpha value is 0.0900. The molecular formula is C11H14Br2N2OS. The lowest BCUT2D eigenvalue weighted by Crippen LogP contribution is -2.40. The number of carbonyl (C=O) groups is 1. The summed E-state index contributed by atoms with van der Waals surface area (Å²) in [4.78, 5) is 12.1. The minimum absolute atomic E-state index is 0.00697. The predicted molar refractivity (Wildman–Crippen MR) is 77.7 cm³/mol. The lowest BCUT2D eigenvalue weighted by molar-refractivity contribution is 0.0935. The molecule has 0 radical (unpaired) electrons. The fourth-order valence-corrected chi connectivity index (χ4v) is 4.69. The molecule has 0 aromatic carbocycles. The van der Waals surface area contributed by atoms with Crippen LogP contribution in [-0.2, 0) is 0 Å². The Labute approximate surface area is 122 Å². The second-order valence-electron chi connectivity index (χ2n) is 4.11. The SMILES string of the molecule is O=C(NC1CCCCNC1)c1cc(Br)sc1Br. The maximum absolute atomic E-state index is 12.1. The van der Waals surface area contributed by atoms with Gasteiger partial charge in [0.05, 0.1) is 13.1 Å². The highest BCUT2D eigenvalue weighted by Crippen LogP contribution is 2.31. The predicted octanol–water partition coefficient (Wildman–Crippen LogP) is 3.15. The van der Waals surface area contributed by atoms with Crippen LogP contribution in [0.3, 0.4) is 0 Å². The third kappa shape index (κ3) is 3.77. The zero-order valence-corrected chi connectivity index (χ0v) is 13.3. The molecule has 2 N–H and O–H groups in total. The van der Waals surface area contributed by atoms with E-state index < -0.39 is 0 Å². The fourth-order valence-electron chi connectivity index (χ4n) is 1.90. The topological polar surface area (TPSA) is 41.1 Å². The van der Waals surface area contributed by atoms with Crippen LogP contribution in [0.4, 0.5) is 0 Å². The van der Waals surface area contributed by atoms with Crippen molar-refractivity contribution in [2.45, 2.75) is 25.3 Å². The van der Waals surface area contributed by atoms with Crippen LogP contribution in [0.5, 0.6) is 0 Å². The van der Waals surface area contributed by atoms with E-state index in [4.69, 9.17) is 0 Å². The minimum atomic E-state index is 0.00697. The number of carbonyl (C=O) groups excluding carboxylic acids is 1. The van der Waals surface area contributed by atoms with Gasteiger partial charge in [0.25, 0.3) is 5.91 Å². The largest absolute Gasteiger partial charge is 0.348 e. The molecule has 1 aliphatic rings. The summed E-state index contributed by atoms with van der Waals surface area (Å²) in [6, 6.07) is 2.10. The van der Waals surface area contributed by atoms with Crippen molar-refractivity contribution in [2.24, 2.45) is 0 Å². The summed E-state index contributed by atoms with van der Waals surface area (Å²) >= 11 is 8.32. The molecule has 1 aromatic heterocycles. The zero-order valence-electron chi connectivity index (χ0n) is 9.26. The summed E-state index contributed by atoms with van der Waals surface area (Å²) in [5, 5.41) is 6.42. The molecule has 17 heavy (non-hydrogen) atoms. The molecule has 2 heterocycles. The number of halogens is 2. The van der Waals surface area contributed by atoms with E-state index in [0.717, 1.165) is 27.1 Å². The molecule has 94 valence electrons. The van der Waals surface area contributed by atoms with Gasteiger partial charge in [-0.1, -0.05) is 6.42 Å². The molecule has 0 aliphatic carbocycles. The Morgan fingerprint density at radius 2 is 2.29 bits per heavy atom. The van der Waals surface area contributed by atoms with Crippen LogP contribution in [0, 0.1) is 0 Å². The molecular weight excluding hydrogens is 368 g/mol. The average molecular weight is 382 g/mol. The van der Waals surface area contributed by atoms with Gasteiger partial charge in [-0.3, -0.25) is 4.79 Å². The van der Waals surface area contributed by atoms with Gasteiger partial charge in [0.1, 0.15) is 0 Å². The van der Waals surface area contributed by atoms with E-state index in [1.807, 2.05) is 6.07 Å². The summed E-state index contributed by atoms with van der Waals surface area (Å²) in [5.41, 5.74) is 0.714. The van der Waals surface area contributed by atoms with Gasteiger partial charge in [-0.2, -0.15) is 0 Å². The first-order chi connectivity index (χ1) is 8.16. The number of amides is 1. The van der Waals surface area contributed by atoms with Crippen LogP contribution in [0.2, 0.25) is 0 Å². The highest BCUT2D eigenvalue weighted by molar-refractivity contribution is 9.12. The number of nitrogens with one attached hydrogen (secondary N) is 2. The smallest absolute Gasteiger partial charge is 0.253 e. The molecule has 1 fully saturated rings. The van der Waals surface area contributed by atoms with Crippen molar-refractivity contribution < 1.29 is 4.79 Å². The first-order valence-electron chi connectivity index (χ1n) is 5.63. The maximum atomic E-state index is 12.1. The van der Waals surface area contributed by atoms with E-state index in [2.05, 4.69) is 42.5 Å². The molecule has 1 unspecified atom stereocenters. The Kier molecular flexibility index (Phi) is 5.02. The number of hydrogen-bond acceptors (Lipinski definition) is 3. The summed E-state index contributed by atoms with van der Waals surface area (Å²) in [6.07, 6.45) is 3.42. The monoisotopic (exact) mass is 380 g/mol. The first-order valence-corrected chi connectivity index (χ1v) is 8.03. The molecule has 1 aromatic rings. The lowest BCUT2D eigenvalue weighted by Gasteiger charge is -2.15. The quantitative estimate of drug-likeness (QED) is 0.826. The molecule has 2 rings (SSSR count). The maximum Gasteiger partial charge on any atom is 0.253 e. The molecule has 0 bridgehead atoms. The molecule has 0 spiro atoms. The minimum Gasteiger partial charge on any atom is -0.348 e. The fraction of sp³-hybridized carbons (Fsp3) is 0.545. The standard InChI is InChI=1S/C11H14Br2N2OS/c12-9-5-8(10(13)17-9)11(16)15-7-3-1-2-4-14-6-7/h5,7,14H,1-4,6H2,(H,15,16). The first kappa shape index (κ1) is 13.5. The summed E-state index contributed by atoms with van der Waals surface area (Å²) < 4.78 is 1.84. The van der Waals surface area contributed by atoms with E-state index in [9.17, 15) is 4.79 Å². The van der Waals surface area contributed by atoms with Crippen LogP contribution in [0.1, 0.15) is 29.6 Å². The molecule has 1 aliphatic heterocycles. The van der Waals surface area contributed by atoms with Gasteiger partial charge >= 0.3 is 0 Å². The van der Waals surface area contributed by atoms with Crippen molar-refractivity contribution in [2.75, 3.05) is 13.1 Å². The van der Waals surface area contributed by atoms with Gasteiger partial charge in [-0.15, -0.1) is 11.3 Å². The summed E-state index contributed by atoms with van der Waals surface area (Å²) in [5.74, 6) is 0.00697. The second-order valence-corrected chi connectivity index (χ2v) is 7.86. The summed E-state index contributed by atoms with van der Waals surface area (Å²) in [7, 11) is 0. The normalized spacial score (nSPS) is 20.9. The van der Waals surface area contributed by atoms with Crippen LogP contribution >= 0.6 is 43.2 Å². The van der Waals surface area contributed by atoms with Crippen LogP contribution in [0.15, 0.2) is 13.6 Å². The van der Waals surface area contributed by atoms with Crippen LogP contribution in [-0.4, -0.2) is 25.0 Å². The van der Waals surface area contributed by atoms with Crippen molar-refractivity contribution in [1.82, 2.24) is 10.6 Å². The van der Waals surface area contributed by atoms with Crippen molar-refractivity contribution >= 4 is 49.1 Å². The number of thiophene rings is 1. The number of hydrogen-bond donors (Lipinski definition) is 2. The highest BCUT2D eigenvalue weighted by atomic mass is 79.9. The van der Waals surface area contributed by atoms with Gasteiger partial charge in [0.2, 0.25) is 0 Å². The van der Waals surface area contributed by atoms with E-state index in [1.165, 1.54) is 24.2 Å². The van der Waals surface area contributed by atoms with E-state index >= 15 is 0 Å². The highest BCUT2D eigenvalue weighted by Gasteiger charge is 2.18. The molecule has 1 amide bonds. The Morgan fingerprint density at radius 1 is 1.47 bits per heavy atom. The zero-order chi connectivity index (χ0) is 12.3. The van der Waals surface area contributed by atoms with Crippen molar-refractivity contribution in [3.8, 4) is 0 Å². The Balaban J connectivity index is 1.98. The molecule has 1 atom stereocenters. The van der Waals surface area contributed by atoms with E-state index in [1.54, 1.807) is 0 Å². The molecule has 3 nitrogen and oxygen atoms in total. The molecule has 0 saturated carbocycles. The van der Waals surface area contributed by atoms with Gasteiger partial charge in [0, 0.05) is 12.6 Å². The third-order valence-corrected chi connectivity index (χ3v) is 5.12. The third-order valence-electron chi connectivity index (χ3n) is 2.78. The van der Waals surface area contributed by atoms with Crippen LogP contribution < -0.4 is 10.6 Å². The van der Waals surface area contributed by atoms with Gasteiger partial charge < -0.3 is 10.6 Å². The lowest BCUT2D eigenvalue weighted by atomic mass is 10.1. The van der Waals surface area contributed by atoms with Gasteiger partial charge in [0.15, 0.2) is 0 Å². The van der Waals surface area contributed by atoms with E-state index in [-0.39, 0.29) is 11.9 Å². The van der Waals surface area contributed by atoms with Crippen molar-refractivity contribution in [1.29, 1.82) is 0 Å². The average Bonchev–Trinajstić information content (AvgIpc) is 2.51. The number of rotatable bonds is 2.